The van der Waals surface area contributed by atoms with Gasteiger partial charge in [-0.05, 0) is 42.7 Å². The van der Waals surface area contributed by atoms with Crippen molar-refractivity contribution in [3.8, 4) is 11.3 Å². The van der Waals surface area contributed by atoms with E-state index >= 15 is 0 Å². The van der Waals surface area contributed by atoms with Gasteiger partial charge in [0.25, 0.3) is 0 Å². The van der Waals surface area contributed by atoms with Crippen LogP contribution < -0.4 is 5.73 Å². The zero-order chi connectivity index (χ0) is 24.8. The molecule has 0 unspecified atom stereocenters. The topological polar surface area (TPSA) is 126 Å². The SMILES string of the molecule is Nc1ncnc2c1c(-c1ccc3[nH]c(Cc4ccccc4F)cc3c1)nn2C1CCN(C(=O)O)CC1. The molecule has 1 fully saturated rings. The van der Waals surface area contributed by atoms with Gasteiger partial charge in [-0.1, -0.05) is 24.3 Å². The molecule has 4 heterocycles. The summed E-state index contributed by atoms with van der Waals surface area (Å²) in [7, 11) is 0. The number of fused-ring (bicyclic) bond motifs is 2. The summed E-state index contributed by atoms with van der Waals surface area (Å²) in [5, 5.41) is 15.9. The molecule has 6 rings (SSSR count). The van der Waals surface area contributed by atoms with Gasteiger partial charge in [0, 0.05) is 41.7 Å². The summed E-state index contributed by atoms with van der Waals surface area (Å²) in [5.74, 6) is 0.122. The summed E-state index contributed by atoms with van der Waals surface area (Å²) >= 11 is 0. The van der Waals surface area contributed by atoms with Crippen LogP contribution in [0.25, 0.3) is 33.2 Å². The summed E-state index contributed by atoms with van der Waals surface area (Å²) in [6.07, 6.45) is 2.27. The highest BCUT2D eigenvalue weighted by Crippen LogP contribution is 2.35. The van der Waals surface area contributed by atoms with Crippen LogP contribution in [-0.2, 0) is 6.42 Å². The number of piperidine rings is 1. The van der Waals surface area contributed by atoms with E-state index in [1.54, 1.807) is 12.1 Å². The van der Waals surface area contributed by atoms with Crippen LogP contribution >= 0.6 is 0 Å². The molecule has 4 N–H and O–H groups in total. The number of nitrogens with zero attached hydrogens (tertiary/aromatic N) is 5. The van der Waals surface area contributed by atoms with E-state index in [9.17, 15) is 14.3 Å². The minimum atomic E-state index is -0.903. The van der Waals surface area contributed by atoms with E-state index in [4.69, 9.17) is 10.8 Å². The Morgan fingerprint density at radius 2 is 1.94 bits per heavy atom. The quantitative estimate of drug-likeness (QED) is 0.342. The minimum absolute atomic E-state index is 0.00881. The summed E-state index contributed by atoms with van der Waals surface area (Å²) in [4.78, 5) is 24.8. The first-order chi connectivity index (χ1) is 17.5. The number of nitrogen functional groups attached to an aromatic ring is 1. The van der Waals surface area contributed by atoms with Crippen LogP contribution in [0.3, 0.4) is 0 Å². The smallest absolute Gasteiger partial charge is 0.407 e. The molecule has 5 aromatic rings. The van der Waals surface area contributed by atoms with E-state index in [0.717, 1.165) is 22.2 Å². The number of hydrogen-bond donors (Lipinski definition) is 3. The summed E-state index contributed by atoms with van der Waals surface area (Å²) < 4.78 is 16.0. The molecule has 2 aromatic carbocycles. The van der Waals surface area contributed by atoms with E-state index in [0.29, 0.717) is 60.5 Å². The lowest BCUT2D eigenvalue weighted by Crippen LogP contribution is -2.38. The second kappa shape index (κ2) is 8.63. The van der Waals surface area contributed by atoms with Crippen molar-refractivity contribution in [1.29, 1.82) is 0 Å². The number of aromatic amines is 1. The molecule has 1 saturated heterocycles. The molecule has 182 valence electrons. The second-order valence-electron chi connectivity index (χ2n) is 9.12. The number of amides is 1. The standard InChI is InChI=1S/C26H24FN7O2/c27-20-4-2-1-3-15(20)12-18-13-17-11-16(5-6-21(17)31-18)23-22-24(28)29-14-30-25(22)34(32-23)19-7-9-33(10-8-19)26(35)36/h1-6,11,13-14,19,31H,7-10,12H2,(H,35,36)(H2,28,29,30). The largest absolute Gasteiger partial charge is 0.465 e. The van der Waals surface area contributed by atoms with Crippen LogP contribution in [0.5, 0.6) is 0 Å². The summed E-state index contributed by atoms with van der Waals surface area (Å²) in [6.45, 7) is 0.884. The number of anilines is 1. The maximum Gasteiger partial charge on any atom is 0.407 e. The van der Waals surface area contributed by atoms with E-state index in [2.05, 4.69) is 15.0 Å². The summed E-state index contributed by atoms with van der Waals surface area (Å²) in [5.41, 5.74) is 11.0. The van der Waals surface area contributed by atoms with Gasteiger partial charge in [-0.3, -0.25) is 0 Å². The Bertz CT molecular complexity index is 1600. The molecule has 0 aliphatic carbocycles. The molecule has 9 nitrogen and oxygen atoms in total. The highest BCUT2D eigenvalue weighted by atomic mass is 19.1. The first-order valence-corrected chi connectivity index (χ1v) is 11.8. The van der Waals surface area contributed by atoms with Gasteiger partial charge < -0.3 is 20.7 Å². The van der Waals surface area contributed by atoms with Crippen LogP contribution in [0.4, 0.5) is 15.0 Å². The van der Waals surface area contributed by atoms with Crippen LogP contribution in [-0.4, -0.2) is 53.9 Å². The van der Waals surface area contributed by atoms with Crippen LogP contribution in [0.2, 0.25) is 0 Å². The second-order valence-corrected chi connectivity index (χ2v) is 9.12. The maximum absolute atomic E-state index is 14.1. The van der Waals surface area contributed by atoms with Crippen molar-refractivity contribution in [2.24, 2.45) is 0 Å². The number of carboxylic acid groups (broad SMARTS) is 1. The molecule has 1 aliphatic rings. The number of likely N-dealkylation sites (tertiary alicyclic amines) is 1. The van der Waals surface area contributed by atoms with E-state index in [1.165, 1.54) is 17.3 Å². The highest BCUT2D eigenvalue weighted by molar-refractivity contribution is 6.00. The Kier molecular flexibility index (Phi) is 5.28. The van der Waals surface area contributed by atoms with Crippen molar-refractivity contribution in [3.05, 3.63) is 71.9 Å². The third-order valence-corrected chi connectivity index (χ3v) is 6.89. The van der Waals surface area contributed by atoms with Gasteiger partial charge in [0.05, 0.1) is 11.4 Å². The normalized spacial score (nSPS) is 14.6. The van der Waals surface area contributed by atoms with Crippen LogP contribution in [0, 0.1) is 5.82 Å². The molecule has 0 radical (unpaired) electrons. The maximum atomic E-state index is 14.1. The van der Waals surface area contributed by atoms with Crippen molar-refractivity contribution in [3.63, 3.8) is 0 Å². The molecule has 36 heavy (non-hydrogen) atoms. The zero-order valence-corrected chi connectivity index (χ0v) is 19.4. The number of benzene rings is 2. The van der Waals surface area contributed by atoms with Gasteiger partial charge in [-0.25, -0.2) is 23.8 Å². The fraction of sp³-hybridized carbons (Fsp3) is 0.231. The lowest BCUT2D eigenvalue weighted by molar-refractivity contribution is 0.124. The van der Waals surface area contributed by atoms with Gasteiger partial charge in [-0.2, -0.15) is 5.10 Å². The van der Waals surface area contributed by atoms with Gasteiger partial charge in [0.2, 0.25) is 0 Å². The molecule has 3 aromatic heterocycles. The lowest BCUT2D eigenvalue weighted by atomic mass is 10.1. The van der Waals surface area contributed by atoms with Crippen LogP contribution in [0.1, 0.15) is 30.1 Å². The predicted molar refractivity (Wildman–Crippen MR) is 134 cm³/mol. The zero-order valence-electron chi connectivity index (χ0n) is 19.4. The summed E-state index contributed by atoms with van der Waals surface area (Å²) in [6, 6.07) is 14.8. The van der Waals surface area contributed by atoms with Crippen molar-refractivity contribution >= 4 is 33.8 Å². The number of H-pyrrole nitrogens is 1. The average Bonchev–Trinajstić information content (AvgIpc) is 3.47. The van der Waals surface area contributed by atoms with Crippen molar-refractivity contribution in [1.82, 2.24) is 29.6 Å². The molecular weight excluding hydrogens is 461 g/mol. The Labute approximate surface area is 205 Å². The van der Waals surface area contributed by atoms with Crippen molar-refractivity contribution < 1.29 is 14.3 Å². The molecule has 0 atom stereocenters. The fourth-order valence-electron chi connectivity index (χ4n) is 5.04. The first kappa shape index (κ1) is 22.0. The van der Waals surface area contributed by atoms with Gasteiger partial charge in [0.1, 0.15) is 23.7 Å². The third-order valence-electron chi connectivity index (χ3n) is 6.89. The number of hydrogen-bond acceptors (Lipinski definition) is 5. The lowest BCUT2D eigenvalue weighted by Gasteiger charge is -2.30. The number of nitrogens with one attached hydrogen (secondary N) is 1. The number of carbonyl (C=O) groups is 1. The van der Waals surface area contributed by atoms with Crippen molar-refractivity contribution in [2.75, 3.05) is 18.8 Å². The van der Waals surface area contributed by atoms with Gasteiger partial charge in [-0.15, -0.1) is 0 Å². The number of rotatable bonds is 4. The Balaban J connectivity index is 1.38. The molecule has 0 spiro atoms. The molecule has 0 bridgehead atoms. The number of nitrogens with two attached hydrogens (primary N) is 1. The molecular formula is C26H24FN7O2. The van der Waals surface area contributed by atoms with Gasteiger partial charge >= 0.3 is 6.09 Å². The number of aromatic nitrogens is 5. The number of halogens is 1. The van der Waals surface area contributed by atoms with E-state index in [1.807, 2.05) is 35.0 Å². The predicted octanol–water partition coefficient (Wildman–Crippen LogP) is 4.60. The molecule has 0 saturated carbocycles. The van der Waals surface area contributed by atoms with E-state index in [-0.39, 0.29) is 11.9 Å². The highest BCUT2D eigenvalue weighted by Gasteiger charge is 2.27. The van der Waals surface area contributed by atoms with Crippen LogP contribution in [0.15, 0.2) is 54.9 Å². The average molecular weight is 486 g/mol. The molecule has 10 heteroatoms. The molecule has 1 amide bonds. The Morgan fingerprint density at radius 1 is 1.14 bits per heavy atom. The monoisotopic (exact) mass is 485 g/mol. The Morgan fingerprint density at radius 3 is 2.72 bits per heavy atom. The molecule has 1 aliphatic heterocycles. The fourth-order valence-corrected chi connectivity index (χ4v) is 5.04. The Hall–Kier alpha value is -4.47. The van der Waals surface area contributed by atoms with Crippen molar-refractivity contribution in [2.45, 2.75) is 25.3 Å². The first-order valence-electron chi connectivity index (χ1n) is 11.8. The minimum Gasteiger partial charge on any atom is -0.465 e. The van der Waals surface area contributed by atoms with Gasteiger partial charge in [0.15, 0.2) is 5.65 Å². The third kappa shape index (κ3) is 3.80. The van der Waals surface area contributed by atoms with E-state index < -0.39 is 6.09 Å².